The highest BCUT2D eigenvalue weighted by Gasteiger charge is 2.09. The molecular formula is C10H14BrN5. The van der Waals surface area contributed by atoms with Gasteiger partial charge < -0.3 is 10.3 Å². The summed E-state index contributed by atoms with van der Waals surface area (Å²) in [6.07, 6.45) is 5.37. The van der Waals surface area contributed by atoms with E-state index in [1.165, 1.54) is 0 Å². The van der Waals surface area contributed by atoms with Gasteiger partial charge in [0.1, 0.15) is 5.82 Å². The van der Waals surface area contributed by atoms with Crippen LogP contribution in [0.3, 0.4) is 0 Å². The molecule has 2 aromatic heterocycles. The van der Waals surface area contributed by atoms with Crippen LogP contribution < -0.4 is 5.73 Å². The molecule has 0 aliphatic rings. The van der Waals surface area contributed by atoms with E-state index in [9.17, 15) is 0 Å². The normalized spacial score (nSPS) is 11.2. The largest absolute Gasteiger partial charge is 0.383 e. The van der Waals surface area contributed by atoms with Crippen molar-refractivity contribution in [3.8, 4) is 0 Å². The SMILES string of the molecule is CC(C)n1cncc1Cn1ncc(Br)c1N. The fourth-order valence-corrected chi connectivity index (χ4v) is 1.87. The number of halogens is 1. The number of hydrogen-bond donors (Lipinski definition) is 1. The van der Waals surface area contributed by atoms with Gasteiger partial charge in [-0.1, -0.05) is 0 Å². The fraction of sp³-hybridized carbons (Fsp3) is 0.400. The molecule has 0 saturated carbocycles. The summed E-state index contributed by atoms with van der Waals surface area (Å²) < 4.78 is 4.68. The minimum Gasteiger partial charge on any atom is -0.383 e. The van der Waals surface area contributed by atoms with E-state index in [4.69, 9.17) is 5.73 Å². The van der Waals surface area contributed by atoms with Crippen molar-refractivity contribution in [3.05, 3.63) is 28.9 Å². The van der Waals surface area contributed by atoms with E-state index in [-0.39, 0.29) is 0 Å². The molecule has 0 aromatic carbocycles. The Hall–Kier alpha value is -1.30. The van der Waals surface area contributed by atoms with Crippen molar-refractivity contribution in [2.24, 2.45) is 0 Å². The summed E-state index contributed by atoms with van der Waals surface area (Å²) in [7, 11) is 0. The summed E-state index contributed by atoms with van der Waals surface area (Å²) in [5, 5.41) is 4.19. The Kier molecular flexibility index (Phi) is 3.00. The average molecular weight is 284 g/mol. The third-order valence-electron chi connectivity index (χ3n) is 2.45. The Morgan fingerprint density at radius 2 is 2.19 bits per heavy atom. The van der Waals surface area contributed by atoms with Crippen LogP contribution in [0.25, 0.3) is 0 Å². The van der Waals surface area contributed by atoms with Crippen molar-refractivity contribution >= 4 is 21.7 Å². The summed E-state index contributed by atoms with van der Waals surface area (Å²) in [4.78, 5) is 4.15. The molecule has 5 nitrogen and oxygen atoms in total. The Labute approximate surface area is 102 Å². The zero-order valence-electron chi connectivity index (χ0n) is 9.26. The van der Waals surface area contributed by atoms with Crippen LogP contribution in [0.1, 0.15) is 25.6 Å². The number of hydrogen-bond acceptors (Lipinski definition) is 3. The van der Waals surface area contributed by atoms with Crippen LogP contribution >= 0.6 is 15.9 Å². The Morgan fingerprint density at radius 3 is 2.75 bits per heavy atom. The predicted molar refractivity (Wildman–Crippen MR) is 66.1 cm³/mol. The van der Waals surface area contributed by atoms with E-state index in [2.05, 4.69) is 44.4 Å². The van der Waals surface area contributed by atoms with Crippen molar-refractivity contribution in [1.29, 1.82) is 0 Å². The molecule has 0 fully saturated rings. The average Bonchev–Trinajstić information content (AvgIpc) is 2.80. The molecule has 2 rings (SSSR count). The van der Waals surface area contributed by atoms with Gasteiger partial charge in [0, 0.05) is 6.04 Å². The molecule has 0 saturated heterocycles. The highest BCUT2D eigenvalue weighted by molar-refractivity contribution is 9.10. The number of nitrogens with two attached hydrogens (primary N) is 1. The number of anilines is 1. The van der Waals surface area contributed by atoms with Crippen LogP contribution in [0.5, 0.6) is 0 Å². The predicted octanol–water partition coefficient (Wildman–Crippen LogP) is 2.05. The Bertz CT molecular complexity index is 485. The second kappa shape index (κ2) is 4.29. The molecule has 0 bridgehead atoms. The van der Waals surface area contributed by atoms with Crippen molar-refractivity contribution in [2.45, 2.75) is 26.4 Å². The molecule has 86 valence electrons. The maximum Gasteiger partial charge on any atom is 0.136 e. The van der Waals surface area contributed by atoms with Gasteiger partial charge >= 0.3 is 0 Å². The first kappa shape index (κ1) is 11.2. The first-order chi connectivity index (χ1) is 7.59. The lowest BCUT2D eigenvalue weighted by Gasteiger charge is -2.12. The van der Waals surface area contributed by atoms with Crippen LogP contribution in [-0.2, 0) is 6.54 Å². The quantitative estimate of drug-likeness (QED) is 0.938. The van der Waals surface area contributed by atoms with Crippen LogP contribution in [0, 0.1) is 0 Å². The van der Waals surface area contributed by atoms with Gasteiger partial charge in [0.15, 0.2) is 0 Å². The molecule has 0 aliphatic carbocycles. The van der Waals surface area contributed by atoms with Crippen molar-refractivity contribution in [2.75, 3.05) is 5.73 Å². The maximum atomic E-state index is 5.87. The first-order valence-corrected chi connectivity index (χ1v) is 5.86. The zero-order valence-corrected chi connectivity index (χ0v) is 10.8. The molecule has 6 heteroatoms. The second-order valence-corrected chi connectivity index (χ2v) is 4.78. The summed E-state index contributed by atoms with van der Waals surface area (Å²) in [6.45, 7) is 4.87. The van der Waals surface area contributed by atoms with E-state index in [0.29, 0.717) is 18.4 Å². The number of imidazole rings is 1. The summed E-state index contributed by atoms with van der Waals surface area (Å²) in [6, 6.07) is 0.387. The van der Waals surface area contributed by atoms with Crippen molar-refractivity contribution in [1.82, 2.24) is 19.3 Å². The summed E-state index contributed by atoms with van der Waals surface area (Å²) >= 11 is 3.34. The van der Waals surface area contributed by atoms with E-state index >= 15 is 0 Å². The molecule has 2 N–H and O–H groups in total. The Morgan fingerprint density at radius 1 is 1.44 bits per heavy atom. The van der Waals surface area contributed by atoms with Gasteiger partial charge in [-0.15, -0.1) is 0 Å². The summed E-state index contributed by atoms with van der Waals surface area (Å²) in [5.74, 6) is 0.636. The van der Waals surface area contributed by atoms with Gasteiger partial charge in [-0.3, -0.25) is 0 Å². The number of rotatable bonds is 3. The molecule has 0 radical (unpaired) electrons. The van der Waals surface area contributed by atoms with Gasteiger partial charge in [0.2, 0.25) is 0 Å². The highest BCUT2D eigenvalue weighted by atomic mass is 79.9. The van der Waals surface area contributed by atoms with Gasteiger partial charge in [-0.25, -0.2) is 9.67 Å². The standard InChI is InChI=1S/C10H14BrN5/c1-7(2)15-6-13-3-8(15)5-16-10(12)9(11)4-14-16/h3-4,6-7H,5,12H2,1-2H3. The summed E-state index contributed by atoms with van der Waals surface area (Å²) in [5.41, 5.74) is 6.96. The van der Waals surface area contributed by atoms with Gasteiger partial charge in [0.05, 0.1) is 35.4 Å². The third-order valence-corrected chi connectivity index (χ3v) is 3.06. The number of nitrogens with zero attached hydrogens (tertiary/aromatic N) is 4. The van der Waals surface area contributed by atoms with E-state index in [1.54, 1.807) is 10.9 Å². The van der Waals surface area contributed by atoms with Crippen molar-refractivity contribution < 1.29 is 0 Å². The lowest BCUT2D eigenvalue weighted by atomic mass is 10.3. The van der Waals surface area contributed by atoms with Crippen molar-refractivity contribution in [3.63, 3.8) is 0 Å². The second-order valence-electron chi connectivity index (χ2n) is 3.92. The number of aromatic nitrogens is 4. The highest BCUT2D eigenvalue weighted by Crippen LogP contribution is 2.19. The zero-order chi connectivity index (χ0) is 11.7. The third kappa shape index (κ3) is 1.97. The minimum absolute atomic E-state index is 0.387. The fourth-order valence-electron chi connectivity index (χ4n) is 1.57. The molecule has 2 heterocycles. The van der Waals surface area contributed by atoms with Crippen LogP contribution in [0.2, 0.25) is 0 Å². The van der Waals surface area contributed by atoms with Gasteiger partial charge in [0.25, 0.3) is 0 Å². The van der Waals surface area contributed by atoms with Crippen LogP contribution in [-0.4, -0.2) is 19.3 Å². The van der Waals surface area contributed by atoms with Crippen LogP contribution in [0.15, 0.2) is 23.2 Å². The number of nitrogen functional groups attached to an aromatic ring is 1. The molecule has 0 aliphatic heterocycles. The first-order valence-electron chi connectivity index (χ1n) is 5.07. The topological polar surface area (TPSA) is 61.7 Å². The Balaban J connectivity index is 2.27. The molecule has 0 spiro atoms. The van der Waals surface area contributed by atoms with Crippen LogP contribution in [0.4, 0.5) is 5.82 Å². The van der Waals surface area contributed by atoms with Gasteiger partial charge in [-0.2, -0.15) is 5.10 Å². The van der Waals surface area contributed by atoms with E-state index < -0.39 is 0 Å². The molecule has 0 unspecified atom stereocenters. The minimum atomic E-state index is 0.387. The van der Waals surface area contributed by atoms with E-state index in [1.807, 2.05) is 12.5 Å². The molecular weight excluding hydrogens is 270 g/mol. The monoisotopic (exact) mass is 283 g/mol. The maximum absolute atomic E-state index is 5.87. The smallest absolute Gasteiger partial charge is 0.136 e. The molecule has 0 amide bonds. The van der Waals surface area contributed by atoms with Gasteiger partial charge in [-0.05, 0) is 29.8 Å². The lowest BCUT2D eigenvalue weighted by Crippen LogP contribution is -2.11. The van der Waals surface area contributed by atoms with E-state index in [0.717, 1.165) is 10.2 Å². The molecule has 2 aromatic rings. The molecule has 16 heavy (non-hydrogen) atoms. The lowest BCUT2D eigenvalue weighted by molar-refractivity contribution is 0.550. The molecule has 0 atom stereocenters.